The third-order valence-corrected chi connectivity index (χ3v) is 4.99. The van der Waals surface area contributed by atoms with Crippen molar-refractivity contribution in [1.29, 1.82) is 0 Å². The van der Waals surface area contributed by atoms with E-state index in [0.717, 1.165) is 57.9 Å². The van der Waals surface area contributed by atoms with Gasteiger partial charge in [0.15, 0.2) is 5.75 Å². The molecule has 1 aliphatic carbocycles. The monoisotopic (exact) mass is 395 g/mol. The fourth-order valence-corrected chi connectivity index (χ4v) is 3.95. The summed E-state index contributed by atoms with van der Waals surface area (Å²) in [4.78, 5) is 12.6. The van der Waals surface area contributed by atoms with Crippen LogP contribution in [-0.4, -0.2) is 41.1 Å². The van der Waals surface area contributed by atoms with Crippen molar-refractivity contribution in [3.8, 4) is 5.75 Å². The van der Waals surface area contributed by atoms with Crippen LogP contribution in [0.3, 0.4) is 0 Å². The number of aromatic hydroxyl groups is 1. The molecule has 1 aliphatic heterocycles. The van der Waals surface area contributed by atoms with Gasteiger partial charge in [0.25, 0.3) is 0 Å². The number of nitrogens with zero attached hydrogens (tertiary/aromatic N) is 2. The SMILES string of the molecule is Cl.Cl.O=[N+]([O-])c1cc(F)cc([C@@H](C2CCCC2)N2CCNCC2)c1O. The fourth-order valence-electron chi connectivity index (χ4n) is 3.95. The number of phenols is 1. The first kappa shape index (κ1) is 21.9. The second-order valence-corrected chi connectivity index (χ2v) is 6.40. The number of piperazine rings is 1. The van der Waals surface area contributed by atoms with Gasteiger partial charge in [0.1, 0.15) is 5.82 Å². The van der Waals surface area contributed by atoms with Crippen molar-refractivity contribution in [2.45, 2.75) is 31.7 Å². The Bertz CT molecular complexity index is 594. The molecule has 1 aromatic carbocycles. The summed E-state index contributed by atoms with van der Waals surface area (Å²) in [6, 6.07) is 1.91. The zero-order chi connectivity index (χ0) is 16.4. The Balaban J connectivity index is 0.00000156. The molecule has 0 radical (unpaired) electrons. The Labute approximate surface area is 158 Å². The first-order valence-corrected chi connectivity index (χ1v) is 8.19. The van der Waals surface area contributed by atoms with E-state index in [1.165, 1.54) is 6.07 Å². The van der Waals surface area contributed by atoms with Gasteiger partial charge in [-0.05, 0) is 24.8 Å². The molecule has 0 spiro atoms. The summed E-state index contributed by atoms with van der Waals surface area (Å²) in [5.74, 6) is -0.741. The van der Waals surface area contributed by atoms with Gasteiger partial charge in [-0.3, -0.25) is 15.0 Å². The van der Waals surface area contributed by atoms with Crippen molar-refractivity contribution in [2.75, 3.05) is 26.2 Å². The molecule has 0 bridgehead atoms. The third-order valence-electron chi connectivity index (χ3n) is 4.99. The number of hydrogen-bond acceptors (Lipinski definition) is 5. The van der Waals surface area contributed by atoms with E-state index >= 15 is 0 Å². The van der Waals surface area contributed by atoms with Gasteiger partial charge >= 0.3 is 5.69 Å². The van der Waals surface area contributed by atoms with Crippen LogP contribution in [0.2, 0.25) is 0 Å². The lowest BCUT2D eigenvalue weighted by Crippen LogP contribution is -2.46. The standard InChI is InChI=1S/C16H22FN3O3.2ClH/c17-12-9-13(16(21)14(10-12)20(22)23)15(11-3-1-2-4-11)19-7-5-18-6-8-19;;/h9-11,15,18,21H,1-8H2;2*1H/t15-;;/m1../s1. The predicted molar refractivity (Wildman–Crippen MR) is 98.4 cm³/mol. The van der Waals surface area contributed by atoms with Crippen molar-refractivity contribution in [2.24, 2.45) is 5.92 Å². The van der Waals surface area contributed by atoms with Crippen LogP contribution >= 0.6 is 24.8 Å². The van der Waals surface area contributed by atoms with Gasteiger partial charge < -0.3 is 10.4 Å². The molecule has 142 valence electrons. The van der Waals surface area contributed by atoms with Gasteiger partial charge in [-0.1, -0.05) is 12.8 Å². The molecule has 1 saturated carbocycles. The van der Waals surface area contributed by atoms with Crippen molar-refractivity contribution in [3.63, 3.8) is 0 Å². The van der Waals surface area contributed by atoms with Crippen molar-refractivity contribution >= 4 is 30.5 Å². The molecule has 0 aromatic heterocycles. The summed E-state index contributed by atoms with van der Waals surface area (Å²) in [5, 5.41) is 24.8. The minimum Gasteiger partial charge on any atom is -0.502 e. The maximum atomic E-state index is 13.9. The average Bonchev–Trinajstić information content (AvgIpc) is 3.05. The summed E-state index contributed by atoms with van der Waals surface area (Å²) in [6.07, 6.45) is 4.26. The zero-order valence-electron chi connectivity index (χ0n) is 13.8. The van der Waals surface area contributed by atoms with E-state index in [4.69, 9.17) is 0 Å². The lowest BCUT2D eigenvalue weighted by molar-refractivity contribution is -0.386. The molecule has 0 amide bonds. The first-order valence-electron chi connectivity index (χ1n) is 8.19. The molecule has 1 aromatic rings. The van der Waals surface area contributed by atoms with Gasteiger partial charge in [-0.25, -0.2) is 4.39 Å². The summed E-state index contributed by atoms with van der Waals surface area (Å²) >= 11 is 0. The smallest absolute Gasteiger partial charge is 0.313 e. The van der Waals surface area contributed by atoms with Gasteiger partial charge in [0, 0.05) is 37.8 Å². The Kier molecular flexibility index (Phi) is 8.34. The Morgan fingerprint density at radius 1 is 1.24 bits per heavy atom. The number of nitrogens with one attached hydrogen (secondary N) is 1. The molecule has 3 rings (SSSR count). The van der Waals surface area contributed by atoms with E-state index < -0.39 is 16.4 Å². The van der Waals surface area contributed by atoms with Crippen LogP contribution in [0.1, 0.15) is 37.3 Å². The molecular formula is C16H24Cl2FN3O3. The summed E-state index contributed by atoms with van der Waals surface area (Å²) in [5.41, 5.74) is -0.177. The number of hydrogen-bond donors (Lipinski definition) is 2. The van der Waals surface area contributed by atoms with Crippen LogP contribution in [0.15, 0.2) is 12.1 Å². The lowest BCUT2D eigenvalue weighted by Gasteiger charge is -2.38. The Hall–Kier alpha value is -1.15. The van der Waals surface area contributed by atoms with E-state index in [-0.39, 0.29) is 36.6 Å². The minimum absolute atomic E-state index is 0. The second-order valence-electron chi connectivity index (χ2n) is 6.40. The van der Waals surface area contributed by atoms with Gasteiger partial charge in [0.05, 0.1) is 11.0 Å². The van der Waals surface area contributed by atoms with Crippen LogP contribution in [0, 0.1) is 21.8 Å². The highest BCUT2D eigenvalue weighted by atomic mass is 35.5. The lowest BCUT2D eigenvalue weighted by atomic mass is 9.88. The van der Waals surface area contributed by atoms with E-state index in [1.807, 2.05) is 0 Å². The Morgan fingerprint density at radius 2 is 1.84 bits per heavy atom. The van der Waals surface area contributed by atoms with Crippen molar-refractivity contribution in [1.82, 2.24) is 10.2 Å². The molecule has 2 fully saturated rings. The molecule has 2 N–H and O–H groups in total. The summed E-state index contributed by atoms with van der Waals surface area (Å²) < 4.78 is 13.9. The van der Waals surface area contributed by atoms with Crippen molar-refractivity contribution < 1.29 is 14.4 Å². The van der Waals surface area contributed by atoms with E-state index in [1.54, 1.807) is 0 Å². The van der Waals surface area contributed by atoms with Crippen LogP contribution in [0.5, 0.6) is 5.75 Å². The highest BCUT2D eigenvalue weighted by Gasteiger charge is 2.35. The van der Waals surface area contributed by atoms with E-state index in [2.05, 4.69) is 10.2 Å². The molecule has 1 atom stereocenters. The van der Waals surface area contributed by atoms with Crippen molar-refractivity contribution in [3.05, 3.63) is 33.6 Å². The molecule has 6 nitrogen and oxygen atoms in total. The quantitative estimate of drug-likeness (QED) is 0.602. The largest absolute Gasteiger partial charge is 0.502 e. The van der Waals surface area contributed by atoms with Gasteiger partial charge in [-0.15, -0.1) is 24.8 Å². The fraction of sp³-hybridized carbons (Fsp3) is 0.625. The number of benzene rings is 1. The highest BCUT2D eigenvalue weighted by Crippen LogP contribution is 2.45. The zero-order valence-corrected chi connectivity index (χ0v) is 15.5. The molecule has 1 heterocycles. The first-order chi connectivity index (χ1) is 11.1. The highest BCUT2D eigenvalue weighted by molar-refractivity contribution is 5.85. The number of nitro groups is 1. The van der Waals surface area contributed by atoms with E-state index in [0.29, 0.717) is 11.5 Å². The maximum Gasteiger partial charge on any atom is 0.313 e. The van der Waals surface area contributed by atoms with Crippen LogP contribution in [0.4, 0.5) is 10.1 Å². The average molecular weight is 396 g/mol. The molecular weight excluding hydrogens is 372 g/mol. The van der Waals surface area contributed by atoms with E-state index in [9.17, 15) is 19.6 Å². The summed E-state index contributed by atoms with van der Waals surface area (Å²) in [6.45, 7) is 3.26. The number of nitro benzene ring substituents is 1. The molecule has 25 heavy (non-hydrogen) atoms. The van der Waals surface area contributed by atoms with Gasteiger partial charge in [-0.2, -0.15) is 0 Å². The number of rotatable bonds is 4. The topological polar surface area (TPSA) is 78.6 Å². The molecule has 1 saturated heterocycles. The second kappa shape index (κ2) is 9.52. The number of phenolic OH excluding ortho intramolecular Hbond substituents is 1. The minimum atomic E-state index is -0.717. The normalized spacial score (nSPS) is 19.7. The van der Waals surface area contributed by atoms with Gasteiger partial charge in [0.2, 0.25) is 0 Å². The molecule has 0 unspecified atom stereocenters. The predicted octanol–water partition coefficient (Wildman–Crippen LogP) is 3.42. The molecule has 2 aliphatic rings. The maximum absolute atomic E-state index is 13.9. The number of halogens is 3. The van der Waals surface area contributed by atoms with Crippen LogP contribution < -0.4 is 5.32 Å². The Morgan fingerprint density at radius 3 is 2.40 bits per heavy atom. The van der Waals surface area contributed by atoms with Crippen LogP contribution in [0.25, 0.3) is 0 Å². The third kappa shape index (κ3) is 4.73. The molecule has 9 heteroatoms. The van der Waals surface area contributed by atoms with Crippen LogP contribution in [-0.2, 0) is 0 Å². The summed E-state index contributed by atoms with van der Waals surface area (Å²) in [7, 11) is 0.